The van der Waals surface area contributed by atoms with Crippen molar-refractivity contribution in [2.24, 2.45) is 5.92 Å². The van der Waals surface area contributed by atoms with Gasteiger partial charge in [-0.1, -0.05) is 12.1 Å². The number of halogens is 2. The number of likely N-dealkylation sites (tertiary alicyclic amines) is 1. The highest BCUT2D eigenvalue weighted by Gasteiger charge is 2.33. The van der Waals surface area contributed by atoms with E-state index in [2.05, 4.69) is 15.0 Å². The molecule has 2 fully saturated rings. The minimum absolute atomic E-state index is 0.305. The van der Waals surface area contributed by atoms with E-state index in [1.54, 1.807) is 0 Å². The maximum absolute atomic E-state index is 12.4. The van der Waals surface area contributed by atoms with E-state index >= 15 is 0 Å². The Hall–Kier alpha value is -1.20. The Morgan fingerprint density at radius 2 is 1.91 bits per heavy atom. The largest absolute Gasteiger partial charge is 0.434 e. The van der Waals surface area contributed by atoms with Gasteiger partial charge in [0, 0.05) is 19.1 Å². The van der Waals surface area contributed by atoms with Crippen LogP contribution in [-0.4, -0.2) is 37.2 Å². The third-order valence-corrected chi connectivity index (χ3v) is 4.87. The normalized spacial score (nSPS) is 22.0. The van der Waals surface area contributed by atoms with Crippen LogP contribution in [0.2, 0.25) is 0 Å². The number of ether oxygens (including phenoxy) is 1. The van der Waals surface area contributed by atoms with E-state index in [0.29, 0.717) is 5.75 Å². The summed E-state index contributed by atoms with van der Waals surface area (Å²) >= 11 is 0. The predicted molar refractivity (Wildman–Crippen MR) is 87.0 cm³/mol. The first-order valence-corrected chi connectivity index (χ1v) is 8.52. The molecule has 3 rings (SSSR count). The Balaban J connectivity index is 1.48. The number of nitrogens with one attached hydrogen (secondary N) is 1. The Morgan fingerprint density at radius 3 is 2.52 bits per heavy atom. The van der Waals surface area contributed by atoms with Crippen LogP contribution in [0.5, 0.6) is 5.75 Å². The highest BCUT2D eigenvalue weighted by Crippen LogP contribution is 2.31. The highest BCUT2D eigenvalue weighted by atomic mass is 19.3. The lowest BCUT2D eigenvalue weighted by Crippen LogP contribution is -2.27. The zero-order chi connectivity index (χ0) is 16.4. The standard InChI is InChI=1S/C18H26F2N2O/c1-12-7-15(8-13(2)17(12)23-18(19)20)10-21-9-14-5-6-22(11-14)16-3-4-16/h7-8,14,16,18,21H,3-6,9-11H2,1-2H3. The van der Waals surface area contributed by atoms with E-state index in [-0.39, 0.29) is 0 Å². The van der Waals surface area contributed by atoms with Crippen LogP contribution >= 0.6 is 0 Å². The van der Waals surface area contributed by atoms with E-state index in [1.807, 2.05) is 26.0 Å². The molecule has 1 heterocycles. The number of benzene rings is 1. The van der Waals surface area contributed by atoms with E-state index in [1.165, 1.54) is 32.4 Å². The zero-order valence-corrected chi connectivity index (χ0v) is 13.9. The van der Waals surface area contributed by atoms with Gasteiger partial charge in [-0.05, 0) is 68.8 Å². The molecule has 3 nitrogen and oxygen atoms in total. The van der Waals surface area contributed by atoms with Crippen LogP contribution in [0.15, 0.2) is 12.1 Å². The fourth-order valence-corrected chi connectivity index (χ4v) is 3.64. The van der Waals surface area contributed by atoms with Crippen LogP contribution in [0.1, 0.15) is 36.0 Å². The van der Waals surface area contributed by atoms with Crippen LogP contribution in [0.25, 0.3) is 0 Å². The Morgan fingerprint density at radius 1 is 1.22 bits per heavy atom. The molecule has 5 heteroatoms. The molecule has 0 spiro atoms. The fourth-order valence-electron chi connectivity index (χ4n) is 3.64. The summed E-state index contributed by atoms with van der Waals surface area (Å²) in [6.07, 6.45) is 4.04. The molecule has 1 aliphatic carbocycles. The number of hydrogen-bond donors (Lipinski definition) is 1. The predicted octanol–water partition coefficient (Wildman–Crippen LogP) is 3.48. The zero-order valence-electron chi connectivity index (χ0n) is 13.9. The molecule has 1 aromatic carbocycles. The first-order valence-electron chi connectivity index (χ1n) is 8.52. The fraction of sp³-hybridized carbons (Fsp3) is 0.667. The maximum Gasteiger partial charge on any atom is 0.387 e. The van der Waals surface area contributed by atoms with E-state index in [0.717, 1.165) is 41.7 Å². The molecule has 1 aromatic rings. The molecule has 1 N–H and O–H groups in total. The number of alkyl halides is 2. The quantitative estimate of drug-likeness (QED) is 0.831. The molecule has 2 aliphatic rings. The van der Waals surface area contributed by atoms with Gasteiger partial charge in [0.15, 0.2) is 0 Å². The van der Waals surface area contributed by atoms with E-state index in [9.17, 15) is 8.78 Å². The van der Waals surface area contributed by atoms with Crippen molar-refractivity contribution in [1.82, 2.24) is 10.2 Å². The van der Waals surface area contributed by atoms with Crippen molar-refractivity contribution < 1.29 is 13.5 Å². The molecule has 1 saturated heterocycles. The molecule has 1 atom stereocenters. The second-order valence-electron chi connectivity index (χ2n) is 6.95. The van der Waals surface area contributed by atoms with Gasteiger partial charge in [-0.25, -0.2) is 0 Å². The smallest absolute Gasteiger partial charge is 0.387 e. The number of nitrogens with zero attached hydrogens (tertiary/aromatic N) is 1. The van der Waals surface area contributed by atoms with Crippen molar-refractivity contribution in [3.63, 3.8) is 0 Å². The third kappa shape index (κ3) is 4.42. The van der Waals surface area contributed by atoms with Crippen LogP contribution in [0.3, 0.4) is 0 Å². The molecular weight excluding hydrogens is 298 g/mol. The van der Waals surface area contributed by atoms with Crippen molar-refractivity contribution >= 4 is 0 Å². The van der Waals surface area contributed by atoms with Gasteiger partial charge in [0.25, 0.3) is 0 Å². The van der Waals surface area contributed by atoms with Crippen molar-refractivity contribution in [2.45, 2.75) is 52.3 Å². The molecule has 1 saturated carbocycles. The summed E-state index contributed by atoms with van der Waals surface area (Å²) in [6, 6.07) is 4.74. The average molecular weight is 324 g/mol. The lowest BCUT2D eigenvalue weighted by molar-refractivity contribution is -0.0507. The van der Waals surface area contributed by atoms with Gasteiger partial charge in [-0.3, -0.25) is 0 Å². The molecule has 23 heavy (non-hydrogen) atoms. The van der Waals surface area contributed by atoms with Gasteiger partial charge in [-0.15, -0.1) is 0 Å². The summed E-state index contributed by atoms with van der Waals surface area (Å²) in [5, 5.41) is 3.52. The van der Waals surface area contributed by atoms with Gasteiger partial charge in [0.1, 0.15) is 5.75 Å². The van der Waals surface area contributed by atoms with Crippen LogP contribution in [0.4, 0.5) is 8.78 Å². The van der Waals surface area contributed by atoms with Gasteiger partial charge in [0.05, 0.1) is 0 Å². The van der Waals surface area contributed by atoms with Gasteiger partial charge < -0.3 is 15.0 Å². The summed E-state index contributed by atoms with van der Waals surface area (Å²) in [4.78, 5) is 2.62. The van der Waals surface area contributed by atoms with Crippen molar-refractivity contribution in [1.29, 1.82) is 0 Å². The van der Waals surface area contributed by atoms with Crippen molar-refractivity contribution in [2.75, 3.05) is 19.6 Å². The molecule has 1 aliphatic heterocycles. The van der Waals surface area contributed by atoms with Crippen LogP contribution in [-0.2, 0) is 6.54 Å². The SMILES string of the molecule is Cc1cc(CNCC2CCN(C3CC3)C2)cc(C)c1OC(F)F. The summed E-state index contributed by atoms with van der Waals surface area (Å²) < 4.78 is 29.4. The van der Waals surface area contributed by atoms with Crippen molar-refractivity contribution in [3.05, 3.63) is 28.8 Å². The molecule has 1 unspecified atom stereocenters. The van der Waals surface area contributed by atoms with Gasteiger partial charge >= 0.3 is 6.61 Å². The summed E-state index contributed by atoms with van der Waals surface area (Å²) in [5.41, 5.74) is 2.66. The van der Waals surface area contributed by atoms with Crippen molar-refractivity contribution in [3.8, 4) is 5.75 Å². The van der Waals surface area contributed by atoms with Crippen LogP contribution in [0, 0.1) is 19.8 Å². The summed E-state index contributed by atoms with van der Waals surface area (Å²) in [6.45, 7) is 5.13. The maximum atomic E-state index is 12.4. The first kappa shape index (κ1) is 16.7. The number of rotatable bonds is 7. The Labute approximate surface area is 137 Å². The lowest BCUT2D eigenvalue weighted by atomic mass is 10.0. The minimum atomic E-state index is -2.77. The number of aryl methyl sites for hydroxylation is 2. The van der Waals surface area contributed by atoms with Gasteiger partial charge in [0.2, 0.25) is 0 Å². The first-order chi connectivity index (χ1) is 11.0. The topological polar surface area (TPSA) is 24.5 Å². The molecular formula is C18H26F2N2O. The highest BCUT2D eigenvalue weighted by molar-refractivity contribution is 5.43. The number of hydrogen-bond acceptors (Lipinski definition) is 3. The van der Waals surface area contributed by atoms with E-state index < -0.39 is 6.61 Å². The lowest BCUT2D eigenvalue weighted by Gasteiger charge is -2.16. The molecule has 0 bridgehead atoms. The second-order valence-corrected chi connectivity index (χ2v) is 6.95. The monoisotopic (exact) mass is 324 g/mol. The second kappa shape index (κ2) is 7.14. The molecule has 0 radical (unpaired) electrons. The Kier molecular flexibility index (Phi) is 5.17. The van der Waals surface area contributed by atoms with Crippen LogP contribution < -0.4 is 10.1 Å². The average Bonchev–Trinajstić information content (AvgIpc) is 3.23. The Bertz CT molecular complexity index is 523. The third-order valence-electron chi connectivity index (χ3n) is 4.87. The minimum Gasteiger partial charge on any atom is -0.434 e. The van der Waals surface area contributed by atoms with E-state index in [4.69, 9.17) is 0 Å². The summed E-state index contributed by atoms with van der Waals surface area (Å²) in [5.74, 6) is 1.04. The molecule has 0 amide bonds. The summed E-state index contributed by atoms with van der Waals surface area (Å²) in [7, 11) is 0. The molecule has 0 aromatic heterocycles. The molecule has 128 valence electrons. The van der Waals surface area contributed by atoms with Gasteiger partial charge in [-0.2, -0.15) is 8.78 Å².